The first kappa shape index (κ1) is 12.0. The molecular formula is C14H11N5O. The van der Waals surface area contributed by atoms with Gasteiger partial charge in [0, 0.05) is 11.6 Å². The minimum atomic E-state index is -0.372. The summed E-state index contributed by atoms with van der Waals surface area (Å²) in [5.41, 5.74) is 6.11. The number of carbonyl (C=O) groups is 1. The second-order valence-corrected chi connectivity index (χ2v) is 4.18. The number of rotatable bonds is 2. The Balaban J connectivity index is 1.96. The Kier molecular flexibility index (Phi) is 2.96. The van der Waals surface area contributed by atoms with Crippen molar-refractivity contribution in [2.24, 2.45) is 0 Å². The highest BCUT2D eigenvalue weighted by atomic mass is 16.1. The summed E-state index contributed by atoms with van der Waals surface area (Å²) in [5.74, 6) is 0.321. The lowest BCUT2D eigenvalue weighted by Gasteiger charge is -2.06. The molecule has 0 atom stereocenters. The molecule has 3 N–H and O–H groups in total. The Labute approximate surface area is 114 Å². The normalized spacial score (nSPS) is 10.4. The number of nitrogen functional groups attached to an aromatic ring is 1. The maximum atomic E-state index is 12.1. The van der Waals surface area contributed by atoms with Crippen molar-refractivity contribution in [3.8, 4) is 0 Å². The monoisotopic (exact) mass is 265 g/mol. The summed E-state index contributed by atoms with van der Waals surface area (Å²) in [6.45, 7) is 0. The van der Waals surface area contributed by atoms with Crippen molar-refractivity contribution in [1.82, 2.24) is 15.2 Å². The number of fused-ring (bicyclic) bond motifs is 1. The average Bonchev–Trinajstić information content (AvgIpc) is 2.48. The molecule has 98 valence electrons. The van der Waals surface area contributed by atoms with Crippen molar-refractivity contribution in [1.29, 1.82) is 0 Å². The molecule has 0 aliphatic heterocycles. The Morgan fingerprint density at radius 3 is 2.80 bits per heavy atom. The van der Waals surface area contributed by atoms with Crippen molar-refractivity contribution in [2.75, 3.05) is 11.1 Å². The first-order valence-corrected chi connectivity index (χ1v) is 5.98. The van der Waals surface area contributed by atoms with Crippen molar-refractivity contribution >= 4 is 28.3 Å². The van der Waals surface area contributed by atoms with Gasteiger partial charge in [0.25, 0.3) is 5.91 Å². The molecule has 0 fully saturated rings. The van der Waals surface area contributed by atoms with Crippen LogP contribution < -0.4 is 11.1 Å². The molecule has 0 saturated carbocycles. The number of benzene rings is 1. The Morgan fingerprint density at radius 1 is 1.15 bits per heavy atom. The van der Waals surface area contributed by atoms with Crippen LogP contribution in [0, 0.1) is 0 Å². The van der Waals surface area contributed by atoms with Gasteiger partial charge in [0.15, 0.2) is 5.82 Å². The highest BCUT2D eigenvalue weighted by Gasteiger charge is 2.11. The molecule has 0 bridgehead atoms. The van der Waals surface area contributed by atoms with Crippen LogP contribution in [0.1, 0.15) is 10.5 Å². The molecule has 0 aliphatic rings. The minimum absolute atomic E-state index is 0.242. The standard InChI is InChI=1S/C14H11N5O/c15-13-10-5-2-1-4-9(10)8-11(17-13)14(20)18-12-6-3-7-16-19-12/h1-8H,(H2,15,17)(H,18,19,20). The molecular weight excluding hydrogens is 254 g/mol. The van der Waals surface area contributed by atoms with Gasteiger partial charge >= 0.3 is 0 Å². The van der Waals surface area contributed by atoms with Crippen molar-refractivity contribution < 1.29 is 4.79 Å². The van der Waals surface area contributed by atoms with E-state index in [-0.39, 0.29) is 11.6 Å². The Hall–Kier alpha value is -3.02. The molecule has 6 nitrogen and oxygen atoms in total. The fourth-order valence-electron chi connectivity index (χ4n) is 1.89. The molecule has 0 spiro atoms. The quantitative estimate of drug-likeness (QED) is 0.737. The van der Waals surface area contributed by atoms with Gasteiger partial charge in [-0.1, -0.05) is 24.3 Å². The number of amides is 1. The van der Waals surface area contributed by atoms with Crippen molar-refractivity contribution in [2.45, 2.75) is 0 Å². The van der Waals surface area contributed by atoms with E-state index in [0.29, 0.717) is 11.6 Å². The third-order valence-corrected chi connectivity index (χ3v) is 2.82. The van der Waals surface area contributed by atoms with Crippen LogP contribution in [0.25, 0.3) is 10.8 Å². The molecule has 0 aliphatic carbocycles. The highest BCUT2D eigenvalue weighted by molar-refractivity contribution is 6.05. The molecule has 0 radical (unpaired) electrons. The maximum absolute atomic E-state index is 12.1. The average molecular weight is 265 g/mol. The largest absolute Gasteiger partial charge is 0.383 e. The van der Waals surface area contributed by atoms with E-state index in [0.717, 1.165) is 10.8 Å². The molecule has 2 heterocycles. The lowest BCUT2D eigenvalue weighted by atomic mass is 10.1. The maximum Gasteiger partial charge on any atom is 0.275 e. The van der Waals surface area contributed by atoms with Crippen LogP contribution in [0.3, 0.4) is 0 Å². The molecule has 0 saturated heterocycles. The molecule has 3 aromatic rings. The first-order chi connectivity index (χ1) is 9.74. The van der Waals surface area contributed by atoms with Gasteiger partial charge in [-0.15, -0.1) is 5.10 Å². The van der Waals surface area contributed by atoms with Gasteiger partial charge < -0.3 is 11.1 Å². The van der Waals surface area contributed by atoms with Gasteiger partial charge in [0.05, 0.1) is 0 Å². The van der Waals surface area contributed by atoms with Gasteiger partial charge in [-0.2, -0.15) is 5.10 Å². The van der Waals surface area contributed by atoms with E-state index >= 15 is 0 Å². The fraction of sp³-hybridized carbons (Fsp3) is 0. The van der Waals surface area contributed by atoms with Crippen LogP contribution in [0.2, 0.25) is 0 Å². The lowest BCUT2D eigenvalue weighted by molar-refractivity contribution is 0.102. The zero-order valence-electron chi connectivity index (χ0n) is 10.4. The topological polar surface area (TPSA) is 93.8 Å². The van der Waals surface area contributed by atoms with Crippen LogP contribution in [-0.4, -0.2) is 21.1 Å². The number of nitrogens with two attached hydrogens (primary N) is 1. The summed E-state index contributed by atoms with van der Waals surface area (Å²) in [5, 5.41) is 11.8. The highest BCUT2D eigenvalue weighted by Crippen LogP contribution is 2.20. The summed E-state index contributed by atoms with van der Waals surface area (Å²) >= 11 is 0. The summed E-state index contributed by atoms with van der Waals surface area (Å²) in [4.78, 5) is 16.2. The molecule has 1 aromatic carbocycles. The number of aromatic nitrogens is 3. The van der Waals surface area contributed by atoms with Crippen molar-refractivity contribution in [3.05, 3.63) is 54.4 Å². The number of carbonyl (C=O) groups excluding carboxylic acids is 1. The van der Waals surface area contributed by atoms with E-state index in [1.807, 2.05) is 24.3 Å². The van der Waals surface area contributed by atoms with E-state index in [1.165, 1.54) is 6.20 Å². The third kappa shape index (κ3) is 2.26. The van der Waals surface area contributed by atoms with Gasteiger partial charge in [-0.3, -0.25) is 4.79 Å². The smallest absolute Gasteiger partial charge is 0.275 e. The summed E-state index contributed by atoms with van der Waals surface area (Å²) in [7, 11) is 0. The number of pyridine rings is 1. The van der Waals surface area contributed by atoms with Crippen molar-refractivity contribution in [3.63, 3.8) is 0 Å². The SMILES string of the molecule is Nc1nc(C(=O)Nc2cccnn2)cc2ccccc12. The molecule has 3 rings (SSSR count). The first-order valence-electron chi connectivity index (χ1n) is 5.98. The zero-order chi connectivity index (χ0) is 13.9. The number of hydrogen-bond donors (Lipinski definition) is 2. The lowest BCUT2D eigenvalue weighted by Crippen LogP contribution is -2.15. The number of nitrogens with one attached hydrogen (secondary N) is 1. The van der Waals surface area contributed by atoms with Gasteiger partial charge in [0.2, 0.25) is 0 Å². The van der Waals surface area contributed by atoms with Crippen LogP contribution >= 0.6 is 0 Å². The van der Waals surface area contributed by atoms with Crippen LogP contribution in [0.15, 0.2) is 48.7 Å². The van der Waals surface area contributed by atoms with E-state index in [2.05, 4.69) is 20.5 Å². The molecule has 0 unspecified atom stereocenters. The summed E-state index contributed by atoms with van der Waals surface area (Å²) < 4.78 is 0. The van der Waals surface area contributed by atoms with Gasteiger partial charge in [-0.05, 0) is 23.6 Å². The van der Waals surface area contributed by atoms with E-state index in [1.54, 1.807) is 18.2 Å². The van der Waals surface area contributed by atoms with E-state index in [4.69, 9.17) is 5.73 Å². The number of anilines is 2. The number of hydrogen-bond acceptors (Lipinski definition) is 5. The van der Waals surface area contributed by atoms with Crippen LogP contribution in [-0.2, 0) is 0 Å². The zero-order valence-corrected chi connectivity index (χ0v) is 10.4. The Bertz CT molecular complexity index is 773. The molecule has 20 heavy (non-hydrogen) atoms. The second kappa shape index (κ2) is 4.93. The Morgan fingerprint density at radius 2 is 2.00 bits per heavy atom. The van der Waals surface area contributed by atoms with E-state index in [9.17, 15) is 4.79 Å². The van der Waals surface area contributed by atoms with Gasteiger partial charge in [0.1, 0.15) is 11.5 Å². The third-order valence-electron chi connectivity index (χ3n) is 2.82. The number of nitrogens with zero attached hydrogens (tertiary/aromatic N) is 3. The molecule has 6 heteroatoms. The fourth-order valence-corrected chi connectivity index (χ4v) is 1.89. The summed E-state index contributed by atoms with van der Waals surface area (Å²) in [6.07, 6.45) is 1.53. The predicted molar refractivity (Wildman–Crippen MR) is 76.1 cm³/mol. The van der Waals surface area contributed by atoms with Crippen LogP contribution in [0.4, 0.5) is 11.6 Å². The predicted octanol–water partition coefficient (Wildman–Crippen LogP) is 1.86. The minimum Gasteiger partial charge on any atom is -0.383 e. The van der Waals surface area contributed by atoms with Gasteiger partial charge in [-0.25, -0.2) is 4.98 Å². The second-order valence-electron chi connectivity index (χ2n) is 4.18. The summed E-state index contributed by atoms with van der Waals surface area (Å²) in [6, 6.07) is 12.5. The van der Waals surface area contributed by atoms with E-state index < -0.39 is 0 Å². The molecule has 2 aromatic heterocycles. The molecule has 1 amide bonds. The van der Waals surface area contributed by atoms with Crippen LogP contribution in [0.5, 0.6) is 0 Å².